The fourth-order valence-corrected chi connectivity index (χ4v) is 2.07. The van der Waals surface area contributed by atoms with Crippen molar-refractivity contribution in [3.05, 3.63) is 11.4 Å². The number of nitrogens with zero attached hydrogens (tertiary/aromatic N) is 2. The summed E-state index contributed by atoms with van der Waals surface area (Å²) < 4.78 is 0.194. The predicted octanol–water partition coefficient (Wildman–Crippen LogP) is 4.11. The zero-order valence-corrected chi connectivity index (χ0v) is 15.2. The zero-order valence-electron chi connectivity index (χ0n) is 14.3. The fraction of sp³-hybridized carbons (Fsp3) is 0.750. The van der Waals surface area contributed by atoms with Gasteiger partial charge in [-0.2, -0.15) is 11.8 Å². The fourth-order valence-electron chi connectivity index (χ4n) is 1.85. The molecule has 0 aliphatic rings. The van der Waals surface area contributed by atoms with Crippen LogP contribution in [0.5, 0.6) is 0 Å². The highest BCUT2D eigenvalue weighted by Crippen LogP contribution is 2.25. The van der Waals surface area contributed by atoms with Crippen molar-refractivity contribution in [2.75, 3.05) is 30.0 Å². The van der Waals surface area contributed by atoms with Gasteiger partial charge in [0.2, 0.25) is 0 Å². The Bertz CT molecular complexity index is 446. The second-order valence-electron chi connectivity index (χ2n) is 5.96. The maximum atomic E-state index is 4.70. The van der Waals surface area contributed by atoms with Crippen LogP contribution in [-0.4, -0.2) is 34.1 Å². The second kappa shape index (κ2) is 8.47. The minimum absolute atomic E-state index is 0.194. The molecule has 120 valence electrons. The van der Waals surface area contributed by atoms with Gasteiger partial charge in [-0.15, -0.1) is 0 Å². The van der Waals surface area contributed by atoms with Crippen molar-refractivity contribution in [3.8, 4) is 0 Å². The number of thioether (sulfide) groups is 1. The molecule has 1 aromatic heterocycles. The molecule has 4 nitrogen and oxygen atoms in total. The quantitative estimate of drug-likeness (QED) is 0.719. The highest BCUT2D eigenvalue weighted by atomic mass is 32.2. The van der Waals surface area contributed by atoms with Crippen molar-refractivity contribution in [1.29, 1.82) is 0 Å². The van der Waals surface area contributed by atoms with E-state index in [0.717, 1.165) is 55.4 Å². The minimum atomic E-state index is 0.194. The summed E-state index contributed by atoms with van der Waals surface area (Å²) in [5.41, 5.74) is 1.11. The molecule has 1 rings (SSSR count). The van der Waals surface area contributed by atoms with Gasteiger partial charge in [0.15, 0.2) is 0 Å². The van der Waals surface area contributed by atoms with Gasteiger partial charge in [-0.1, -0.05) is 13.8 Å². The lowest BCUT2D eigenvalue weighted by molar-refractivity contribution is 0.745. The largest absolute Gasteiger partial charge is 0.370 e. The molecule has 0 bridgehead atoms. The molecule has 5 heteroatoms. The van der Waals surface area contributed by atoms with Crippen molar-refractivity contribution >= 4 is 23.4 Å². The van der Waals surface area contributed by atoms with Gasteiger partial charge in [0.05, 0.1) is 0 Å². The Balaban J connectivity index is 2.96. The van der Waals surface area contributed by atoms with E-state index in [-0.39, 0.29) is 4.75 Å². The third-order valence-electron chi connectivity index (χ3n) is 3.44. The lowest BCUT2D eigenvalue weighted by Crippen LogP contribution is -2.27. The van der Waals surface area contributed by atoms with Gasteiger partial charge in [-0.05, 0) is 39.9 Å². The van der Waals surface area contributed by atoms with E-state index in [1.54, 1.807) is 0 Å². The second-order valence-corrected chi connectivity index (χ2v) is 7.47. The first-order valence-electron chi connectivity index (χ1n) is 7.84. The molecule has 0 spiro atoms. The van der Waals surface area contributed by atoms with E-state index in [1.165, 1.54) is 0 Å². The van der Waals surface area contributed by atoms with Crippen LogP contribution in [0.2, 0.25) is 0 Å². The predicted molar refractivity (Wildman–Crippen MR) is 95.6 cm³/mol. The molecular weight excluding hydrogens is 280 g/mol. The van der Waals surface area contributed by atoms with Gasteiger partial charge >= 0.3 is 0 Å². The third-order valence-corrected chi connectivity index (χ3v) is 4.69. The van der Waals surface area contributed by atoms with Crippen LogP contribution < -0.4 is 10.6 Å². The van der Waals surface area contributed by atoms with Gasteiger partial charge in [-0.25, -0.2) is 9.97 Å². The normalized spacial score (nSPS) is 11.5. The van der Waals surface area contributed by atoms with Crippen molar-refractivity contribution in [3.63, 3.8) is 0 Å². The van der Waals surface area contributed by atoms with Crippen LogP contribution in [0.15, 0.2) is 0 Å². The molecule has 0 aliphatic heterocycles. The van der Waals surface area contributed by atoms with Crippen LogP contribution in [0.25, 0.3) is 0 Å². The first-order valence-corrected chi connectivity index (χ1v) is 9.06. The van der Waals surface area contributed by atoms with E-state index in [1.807, 2.05) is 11.8 Å². The number of aryl methyl sites for hydroxylation is 1. The van der Waals surface area contributed by atoms with E-state index in [4.69, 9.17) is 4.98 Å². The van der Waals surface area contributed by atoms with Gasteiger partial charge in [0.25, 0.3) is 0 Å². The van der Waals surface area contributed by atoms with E-state index in [9.17, 15) is 0 Å². The van der Waals surface area contributed by atoms with Crippen molar-refractivity contribution in [2.24, 2.45) is 0 Å². The van der Waals surface area contributed by atoms with E-state index < -0.39 is 0 Å². The Hall–Kier alpha value is -0.970. The van der Waals surface area contributed by atoms with Crippen molar-refractivity contribution in [1.82, 2.24) is 9.97 Å². The van der Waals surface area contributed by atoms with Gasteiger partial charge in [0, 0.05) is 29.8 Å². The first-order chi connectivity index (χ1) is 9.93. The maximum Gasteiger partial charge on any atom is 0.134 e. The number of anilines is 2. The highest BCUT2D eigenvalue weighted by molar-refractivity contribution is 7.99. The Morgan fingerprint density at radius 3 is 2.19 bits per heavy atom. The Kier molecular flexibility index (Phi) is 7.29. The molecule has 1 heterocycles. The van der Waals surface area contributed by atoms with E-state index in [0.29, 0.717) is 0 Å². The molecule has 21 heavy (non-hydrogen) atoms. The summed E-state index contributed by atoms with van der Waals surface area (Å²) in [6.07, 6.45) is 5.22. The number of nitrogens with one attached hydrogen (secondary N) is 2. The van der Waals surface area contributed by atoms with Gasteiger partial charge < -0.3 is 10.6 Å². The van der Waals surface area contributed by atoms with E-state index >= 15 is 0 Å². The van der Waals surface area contributed by atoms with Crippen LogP contribution in [0.3, 0.4) is 0 Å². The minimum Gasteiger partial charge on any atom is -0.370 e. The maximum absolute atomic E-state index is 4.70. The van der Waals surface area contributed by atoms with Crippen LogP contribution in [0.1, 0.15) is 51.9 Å². The summed E-state index contributed by atoms with van der Waals surface area (Å²) >= 11 is 1.86. The average molecular weight is 311 g/mol. The molecule has 0 radical (unpaired) electrons. The smallest absolute Gasteiger partial charge is 0.134 e. The van der Waals surface area contributed by atoms with E-state index in [2.05, 4.69) is 56.5 Å². The van der Waals surface area contributed by atoms with Gasteiger partial charge in [0.1, 0.15) is 17.5 Å². The van der Waals surface area contributed by atoms with Crippen LogP contribution in [0, 0.1) is 6.92 Å². The van der Waals surface area contributed by atoms with Crippen LogP contribution >= 0.6 is 11.8 Å². The number of hydrogen-bond donors (Lipinski definition) is 2. The topological polar surface area (TPSA) is 49.8 Å². The molecular formula is C16H30N4S. The Morgan fingerprint density at radius 1 is 1.05 bits per heavy atom. The molecule has 0 unspecified atom stereocenters. The van der Waals surface area contributed by atoms with Crippen molar-refractivity contribution < 1.29 is 0 Å². The lowest BCUT2D eigenvalue weighted by Gasteiger charge is -2.24. The SMILES string of the molecule is CCCNc1nc(CCC)nc(NCC(C)(C)SC)c1C. The summed E-state index contributed by atoms with van der Waals surface area (Å²) in [7, 11) is 0. The van der Waals surface area contributed by atoms with Crippen molar-refractivity contribution in [2.45, 2.75) is 58.6 Å². The molecule has 0 atom stereocenters. The lowest BCUT2D eigenvalue weighted by atomic mass is 10.2. The molecule has 0 aliphatic carbocycles. The molecule has 0 saturated heterocycles. The number of hydrogen-bond acceptors (Lipinski definition) is 5. The van der Waals surface area contributed by atoms with Crippen LogP contribution in [0.4, 0.5) is 11.6 Å². The van der Waals surface area contributed by atoms with Crippen LogP contribution in [-0.2, 0) is 6.42 Å². The highest BCUT2D eigenvalue weighted by Gasteiger charge is 2.17. The first kappa shape index (κ1) is 18.1. The van der Waals surface area contributed by atoms with Gasteiger partial charge in [-0.3, -0.25) is 0 Å². The summed E-state index contributed by atoms with van der Waals surface area (Å²) in [6.45, 7) is 12.7. The summed E-state index contributed by atoms with van der Waals surface area (Å²) in [6, 6.07) is 0. The summed E-state index contributed by atoms with van der Waals surface area (Å²) in [4.78, 5) is 9.35. The zero-order chi connectivity index (χ0) is 15.9. The molecule has 0 saturated carbocycles. The monoisotopic (exact) mass is 310 g/mol. The number of rotatable bonds is 9. The molecule has 2 N–H and O–H groups in total. The third kappa shape index (κ3) is 5.73. The number of aromatic nitrogens is 2. The Morgan fingerprint density at radius 2 is 1.67 bits per heavy atom. The Labute approximate surface area is 133 Å². The molecule has 0 fully saturated rings. The summed E-state index contributed by atoms with van der Waals surface area (Å²) in [5.74, 6) is 2.86. The molecule has 0 aromatic carbocycles. The average Bonchev–Trinajstić information content (AvgIpc) is 2.46. The summed E-state index contributed by atoms with van der Waals surface area (Å²) in [5, 5.41) is 6.92. The molecule has 0 amide bonds. The standard InChI is InChI=1S/C16H30N4S/c1-7-9-13-19-14(17-10-8-2)12(3)15(20-13)18-11-16(4,5)21-6/h7-11H2,1-6H3,(H2,17,18,19,20). The molecule has 1 aromatic rings.